The number of halogens is 1. The highest BCUT2D eigenvalue weighted by atomic mass is 79.9. The number of hydrogen-bond acceptors (Lipinski definition) is 3. The minimum Gasteiger partial charge on any atom is -0.492 e. The van der Waals surface area contributed by atoms with E-state index in [0.717, 1.165) is 32.9 Å². The maximum atomic E-state index is 12.6. The van der Waals surface area contributed by atoms with Crippen LogP contribution in [0.3, 0.4) is 0 Å². The highest BCUT2D eigenvalue weighted by molar-refractivity contribution is 9.10. The zero-order chi connectivity index (χ0) is 18.1. The lowest BCUT2D eigenvalue weighted by Crippen LogP contribution is -2.17. The molecule has 1 unspecified atom stereocenters. The van der Waals surface area contributed by atoms with Crippen molar-refractivity contribution >= 4 is 37.6 Å². The quantitative estimate of drug-likeness (QED) is 0.569. The van der Waals surface area contributed by atoms with E-state index < -0.39 is 0 Å². The van der Waals surface area contributed by atoms with Crippen molar-refractivity contribution in [3.63, 3.8) is 0 Å². The second kappa shape index (κ2) is 7.16. The second-order valence-corrected chi connectivity index (χ2v) is 7.99. The molecule has 4 nitrogen and oxygen atoms in total. The first-order valence-electron chi connectivity index (χ1n) is 8.57. The van der Waals surface area contributed by atoms with E-state index in [0.29, 0.717) is 23.8 Å². The van der Waals surface area contributed by atoms with Gasteiger partial charge in [0.05, 0.1) is 22.0 Å². The number of nitrogens with zero attached hydrogens (tertiary/aromatic N) is 2. The van der Waals surface area contributed by atoms with Gasteiger partial charge in [0.15, 0.2) is 0 Å². The zero-order valence-corrected chi connectivity index (χ0v) is 16.6. The summed E-state index contributed by atoms with van der Waals surface area (Å²) in [6.45, 7) is 7.30. The molecule has 0 aliphatic heterocycles. The molecule has 0 fully saturated rings. The van der Waals surface area contributed by atoms with Gasteiger partial charge in [-0.2, -0.15) is 0 Å². The Morgan fingerprint density at radius 2 is 1.96 bits per heavy atom. The van der Waals surface area contributed by atoms with Crippen molar-refractivity contribution in [2.75, 3.05) is 6.61 Å². The van der Waals surface area contributed by atoms with Gasteiger partial charge >= 0.3 is 0 Å². The minimum absolute atomic E-state index is 0.0444. The molecule has 0 spiro atoms. The zero-order valence-electron chi connectivity index (χ0n) is 15.0. The van der Waals surface area contributed by atoms with E-state index in [1.54, 1.807) is 24.0 Å². The molecule has 1 atom stereocenters. The van der Waals surface area contributed by atoms with E-state index in [2.05, 4.69) is 41.7 Å². The predicted molar refractivity (Wildman–Crippen MR) is 106 cm³/mol. The van der Waals surface area contributed by atoms with Crippen LogP contribution in [0.15, 0.2) is 39.9 Å². The molecule has 0 amide bonds. The Kier molecular flexibility index (Phi) is 5.13. The van der Waals surface area contributed by atoms with E-state index in [1.807, 2.05) is 18.2 Å². The molecule has 2 heterocycles. The number of aromatic nitrogens is 2. The average Bonchev–Trinajstić information content (AvgIpc) is 2.57. The highest BCUT2D eigenvalue weighted by Crippen LogP contribution is 2.33. The third kappa shape index (κ3) is 3.56. The third-order valence-corrected chi connectivity index (χ3v) is 5.07. The Bertz CT molecular complexity index is 979. The lowest BCUT2D eigenvalue weighted by atomic mass is 10.00. The van der Waals surface area contributed by atoms with Crippen molar-refractivity contribution in [3.05, 3.63) is 45.4 Å². The number of benzene rings is 1. The van der Waals surface area contributed by atoms with E-state index in [1.165, 1.54) is 0 Å². The molecule has 5 heteroatoms. The van der Waals surface area contributed by atoms with E-state index in [4.69, 9.17) is 4.74 Å². The van der Waals surface area contributed by atoms with Crippen molar-refractivity contribution in [1.29, 1.82) is 0 Å². The number of ether oxygens (including phenoxy) is 1. The molecular weight excluding hydrogens is 380 g/mol. The van der Waals surface area contributed by atoms with Gasteiger partial charge in [-0.25, -0.2) is 0 Å². The van der Waals surface area contributed by atoms with Crippen LogP contribution in [0, 0.1) is 11.8 Å². The summed E-state index contributed by atoms with van der Waals surface area (Å²) in [5, 5.41) is 2.55. The van der Waals surface area contributed by atoms with Crippen LogP contribution >= 0.6 is 15.9 Å². The monoisotopic (exact) mass is 402 g/mol. The fourth-order valence-corrected chi connectivity index (χ4v) is 3.80. The van der Waals surface area contributed by atoms with E-state index >= 15 is 0 Å². The molecule has 25 heavy (non-hydrogen) atoms. The first kappa shape index (κ1) is 17.9. The van der Waals surface area contributed by atoms with Crippen molar-refractivity contribution in [3.8, 4) is 5.75 Å². The van der Waals surface area contributed by atoms with Crippen LogP contribution in [0.2, 0.25) is 0 Å². The summed E-state index contributed by atoms with van der Waals surface area (Å²) >= 11 is 3.62. The van der Waals surface area contributed by atoms with Gasteiger partial charge in [0.2, 0.25) is 0 Å². The molecule has 2 aromatic heterocycles. The van der Waals surface area contributed by atoms with Crippen LogP contribution in [0.5, 0.6) is 5.75 Å². The lowest BCUT2D eigenvalue weighted by Gasteiger charge is -2.17. The lowest BCUT2D eigenvalue weighted by molar-refractivity contribution is 0.238. The summed E-state index contributed by atoms with van der Waals surface area (Å²) in [6, 6.07) is 5.86. The summed E-state index contributed by atoms with van der Waals surface area (Å²) in [6.07, 6.45) is 4.47. The molecule has 0 saturated heterocycles. The molecule has 0 saturated carbocycles. The normalized spacial score (nSPS) is 12.9. The molecule has 0 radical (unpaired) electrons. The molecule has 0 bridgehead atoms. The SMILES string of the molecule is CC(C)CC(C)COc1cc2c(cc1Br)c1ccncc1c(=O)n2C. The second-order valence-electron chi connectivity index (χ2n) is 7.13. The summed E-state index contributed by atoms with van der Waals surface area (Å²) < 4.78 is 8.60. The van der Waals surface area contributed by atoms with Gasteiger partial charge in [0.25, 0.3) is 5.56 Å². The Morgan fingerprint density at radius 1 is 1.20 bits per heavy atom. The van der Waals surface area contributed by atoms with Gasteiger partial charge in [-0.3, -0.25) is 9.78 Å². The predicted octanol–water partition coefficient (Wildman–Crippen LogP) is 4.91. The van der Waals surface area contributed by atoms with Gasteiger partial charge in [-0.15, -0.1) is 0 Å². The van der Waals surface area contributed by atoms with Gasteiger partial charge in [-0.1, -0.05) is 20.8 Å². The largest absolute Gasteiger partial charge is 0.492 e. The molecule has 1 aromatic carbocycles. The van der Waals surface area contributed by atoms with Crippen molar-refractivity contribution in [2.24, 2.45) is 18.9 Å². The van der Waals surface area contributed by atoms with Crippen LogP contribution in [0.25, 0.3) is 21.7 Å². The van der Waals surface area contributed by atoms with Gasteiger partial charge in [0.1, 0.15) is 5.75 Å². The minimum atomic E-state index is -0.0444. The molecular formula is C20H23BrN2O2. The van der Waals surface area contributed by atoms with Crippen molar-refractivity contribution < 1.29 is 4.74 Å². The van der Waals surface area contributed by atoms with Crippen LogP contribution in [-0.2, 0) is 7.05 Å². The summed E-state index contributed by atoms with van der Waals surface area (Å²) in [5.41, 5.74) is 0.815. The van der Waals surface area contributed by atoms with E-state index in [-0.39, 0.29) is 5.56 Å². The van der Waals surface area contributed by atoms with E-state index in [9.17, 15) is 4.79 Å². The van der Waals surface area contributed by atoms with Crippen LogP contribution < -0.4 is 10.3 Å². The fraction of sp³-hybridized carbons (Fsp3) is 0.400. The van der Waals surface area contributed by atoms with Crippen LogP contribution in [0.1, 0.15) is 27.2 Å². The molecule has 0 N–H and O–H groups in total. The summed E-state index contributed by atoms with van der Waals surface area (Å²) in [7, 11) is 1.79. The van der Waals surface area contributed by atoms with Crippen LogP contribution in [0.4, 0.5) is 0 Å². The standard InChI is InChI=1S/C20H23BrN2O2/c1-12(2)7-13(3)11-25-19-9-18-15(8-17(19)21)14-5-6-22-10-16(14)20(24)23(18)4/h5-6,8-10,12-13H,7,11H2,1-4H3. The first-order chi connectivity index (χ1) is 11.9. The topological polar surface area (TPSA) is 44.1 Å². The molecule has 3 rings (SSSR count). The maximum Gasteiger partial charge on any atom is 0.260 e. The fourth-order valence-electron chi connectivity index (χ4n) is 3.34. The number of rotatable bonds is 5. The average molecular weight is 403 g/mol. The first-order valence-corrected chi connectivity index (χ1v) is 9.36. The number of pyridine rings is 2. The summed E-state index contributed by atoms with van der Waals surface area (Å²) in [4.78, 5) is 16.7. The Balaban J connectivity index is 2.06. The Labute approximate surface area is 156 Å². The maximum absolute atomic E-state index is 12.6. The van der Waals surface area contributed by atoms with Gasteiger partial charge in [-0.05, 0) is 51.7 Å². The van der Waals surface area contributed by atoms with Crippen molar-refractivity contribution in [2.45, 2.75) is 27.2 Å². The number of hydrogen-bond donors (Lipinski definition) is 0. The van der Waals surface area contributed by atoms with Crippen LogP contribution in [-0.4, -0.2) is 16.2 Å². The number of fused-ring (bicyclic) bond motifs is 3. The smallest absolute Gasteiger partial charge is 0.260 e. The van der Waals surface area contributed by atoms with Crippen molar-refractivity contribution in [1.82, 2.24) is 9.55 Å². The Morgan fingerprint density at radius 3 is 2.68 bits per heavy atom. The third-order valence-electron chi connectivity index (χ3n) is 4.45. The molecule has 3 aromatic rings. The molecule has 0 aliphatic carbocycles. The number of aryl methyl sites for hydroxylation is 1. The van der Waals surface area contributed by atoms with Gasteiger partial charge in [0, 0.05) is 30.9 Å². The Hall–Kier alpha value is -1.88. The highest BCUT2D eigenvalue weighted by Gasteiger charge is 2.13. The molecule has 0 aliphatic rings. The van der Waals surface area contributed by atoms with Gasteiger partial charge < -0.3 is 9.30 Å². The summed E-state index contributed by atoms with van der Waals surface area (Å²) in [5.74, 6) is 1.90. The molecule has 132 valence electrons.